The molecule has 2 aromatic carbocycles. The van der Waals surface area contributed by atoms with Crippen molar-refractivity contribution in [1.29, 1.82) is 0 Å². The molecule has 3 nitrogen and oxygen atoms in total. The van der Waals surface area contributed by atoms with Gasteiger partial charge in [0.05, 0.1) is 6.61 Å². The zero-order valence-electron chi connectivity index (χ0n) is 17.3. The van der Waals surface area contributed by atoms with E-state index in [1.165, 1.54) is 24.3 Å². The van der Waals surface area contributed by atoms with Crippen LogP contribution in [0.5, 0.6) is 5.75 Å². The van der Waals surface area contributed by atoms with Gasteiger partial charge in [0.2, 0.25) is 0 Å². The molecule has 2 aromatic rings. The van der Waals surface area contributed by atoms with Gasteiger partial charge in [-0.25, -0.2) is 8.78 Å². The molecule has 2 rings (SSSR count). The third kappa shape index (κ3) is 5.82. The second kappa shape index (κ2) is 10.2. The molecule has 0 aromatic heterocycles. The predicted octanol–water partition coefficient (Wildman–Crippen LogP) is 5.33. The first kappa shape index (κ1) is 28.7. The highest BCUT2D eigenvalue weighted by Crippen LogP contribution is 2.54. The predicted molar refractivity (Wildman–Crippen MR) is 102 cm³/mol. The van der Waals surface area contributed by atoms with Gasteiger partial charge in [-0.3, -0.25) is 0 Å². The average Bonchev–Trinajstić information content (AvgIpc) is 2.74. The molecule has 0 atom stereocenters. The summed E-state index contributed by atoms with van der Waals surface area (Å²) in [5, 5.41) is 17.9. The molecule has 0 amide bonds. The van der Waals surface area contributed by atoms with Crippen LogP contribution in [0.2, 0.25) is 0 Å². The average molecular weight is 524 g/mol. The van der Waals surface area contributed by atoms with Gasteiger partial charge >= 0.3 is 31.1 Å². The van der Waals surface area contributed by atoms with Gasteiger partial charge in [0.25, 0.3) is 0 Å². The van der Waals surface area contributed by atoms with Crippen LogP contribution in [0.25, 0.3) is 11.1 Å². The fourth-order valence-corrected chi connectivity index (χ4v) is 2.92. The zero-order valence-corrected chi connectivity index (χ0v) is 17.3. The standard InChI is InChI=1S/C20H16BF11O3/c22-15-13(7-8-14(16(15)23)21(33)34)11-3-5-12(6-4-11)35-10-2-1-9-17(24,25)18(26,27)19(28,29)20(30,31)32/h3-8,33-34H,1-2,9-10H2. The van der Waals surface area contributed by atoms with Gasteiger partial charge in [-0.2, -0.15) is 39.5 Å². The third-order valence-corrected chi connectivity index (χ3v) is 4.92. The summed E-state index contributed by atoms with van der Waals surface area (Å²) in [6, 6.07) is 7.04. The molecule has 2 N–H and O–H groups in total. The minimum atomic E-state index is -6.93. The Balaban J connectivity index is 1.94. The van der Waals surface area contributed by atoms with Gasteiger partial charge in [0.15, 0.2) is 11.6 Å². The minimum Gasteiger partial charge on any atom is -0.494 e. The number of alkyl halides is 9. The fourth-order valence-electron chi connectivity index (χ4n) is 2.92. The molecule has 0 aliphatic carbocycles. The van der Waals surface area contributed by atoms with Crippen molar-refractivity contribution in [2.45, 2.75) is 43.2 Å². The van der Waals surface area contributed by atoms with Crippen molar-refractivity contribution in [3.8, 4) is 16.9 Å². The lowest BCUT2D eigenvalue weighted by atomic mass is 9.79. The van der Waals surface area contributed by atoms with Crippen molar-refractivity contribution in [2.24, 2.45) is 0 Å². The molecule has 0 fully saturated rings. The van der Waals surface area contributed by atoms with E-state index in [9.17, 15) is 48.3 Å². The van der Waals surface area contributed by atoms with Crippen LogP contribution >= 0.6 is 0 Å². The molecule has 0 bridgehead atoms. The highest BCUT2D eigenvalue weighted by Gasteiger charge is 2.81. The quantitative estimate of drug-likeness (QED) is 0.251. The van der Waals surface area contributed by atoms with Crippen molar-refractivity contribution >= 4 is 12.6 Å². The van der Waals surface area contributed by atoms with Crippen molar-refractivity contribution < 1.29 is 63.1 Å². The van der Waals surface area contributed by atoms with E-state index in [2.05, 4.69) is 0 Å². The molecule has 15 heteroatoms. The van der Waals surface area contributed by atoms with E-state index in [4.69, 9.17) is 14.8 Å². The molecule has 0 radical (unpaired) electrons. The molecule has 0 saturated heterocycles. The summed E-state index contributed by atoms with van der Waals surface area (Å²) in [4.78, 5) is 0. The Hall–Kier alpha value is -2.55. The van der Waals surface area contributed by atoms with E-state index in [-0.39, 0.29) is 16.9 Å². The van der Waals surface area contributed by atoms with Crippen LogP contribution in [-0.4, -0.2) is 47.7 Å². The van der Waals surface area contributed by atoms with E-state index in [0.29, 0.717) is 0 Å². The van der Waals surface area contributed by atoms with Gasteiger partial charge < -0.3 is 14.8 Å². The number of benzene rings is 2. The lowest BCUT2D eigenvalue weighted by Gasteiger charge is -2.33. The van der Waals surface area contributed by atoms with Crippen LogP contribution in [0.1, 0.15) is 19.3 Å². The number of ether oxygens (including phenoxy) is 1. The van der Waals surface area contributed by atoms with Crippen molar-refractivity contribution in [3.05, 3.63) is 48.0 Å². The van der Waals surface area contributed by atoms with Gasteiger partial charge in [0, 0.05) is 17.4 Å². The molecule has 0 heterocycles. The number of halogens is 11. The Bertz CT molecular complexity index is 1010. The fraction of sp³-hybridized carbons (Fsp3) is 0.400. The Kier molecular flexibility index (Phi) is 8.37. The van der Waals surface area contributed by atoms with E-state index in [1.54, 1.807) is 0 Å². The second-order valence-corrected chi connectivity index (χ2v) is 7.38. The van der Waals surface area contributed by atoms with Crippen LogP contribution in [0, 0.1) is 11.6 Å². The number of hydrogen-bond acceptors (Lipinski definition) is 3. The summed E-state index contributed by atoms with van der Waals surface area (Å²) in [6.07, 6.45) is -10.1. The number of unbranched alkanes of at least 4 members (excludes halogenated alkanes) is 1. The summed E-state index contributed by atoms with van der Waals surface area (Å²) in [5.41, 5.74) is -0.783. The number of rotatable bonds is 10. The molecule has 0 spiro atoms. The van der Waals surface area contributed by atoms with Gasteiger partial charge in [0.1, 0.15) is 5.75 Å². The molecule has 0 saturated carbocycles. The Labute approximate surface area is 191 Å². The molecule has 0 aliphatic rings. The zero-order chi connectivity index (χ0) is 26.8. The highest BCUT2D eigenvalue weighted by molar-refractivity contribution is 6.58. The largest absolute Gasteiger partial charge is 0.494 e. The Morgan fingerprint density at radius 1 is 0.714 bits per heavy atom. The van der Waals surface area contributed by atoms with E-state index in [0.717, 1.165) is 12.1 Å². The van der Waals surface area contributed by atoms with Crippen LogP contribution in [-0.2, 0) is 0 Å². The van der Waals surface area contributed by atoms with Gasteiger partial charge in [-0.15, -0.1) is 0 Å². The summed E-state index contributed by atoms with van der Waals surface area (Å²) in [7, 11) is -2.23. The molecule has 194 valence electrons. The summed E-state index contributed by atoms with van der Waals surface area (Å²) < 4.78 is 148. The molecule has 35 heavy (non-hydrogen) atoms. The maximum atomic E-state index is 14.2. The van der Waals surface area contributed by atoms with Gasteiger partial charge in [-0.05, 0) is 30.5 Å². The third-order valence-electron chi connectivity index (χ3n) is 4.92. The summed E-state index contributed by atoms with van der Waals surface area (Å²) in [5.74, 6) is -22.0. The molecule has 0 unspecified atom stereocenters. The second-order valence-electron chi connectivity index (χ2n) is 7.38. The Morgan fingerprint density at radius 3 is 1.80 bits per heavy atom. The SMILES string of the molecule is OB(O)c1ccc(-c2ccc(OCCCCC(F)(F)C(F)(F)C(F)(F)C(F)(F)F)cc2)c(F)c1F. The monoisotopic (exact) mass is 524 g/mol. The molecule has 0 aliphatic heterocycles. The highest BCUT2D eigenvalue weighted by atomic mass is 19.4. The normalized spacial score (nSPS) is 13.2. The number of hydrogen-bond donors (Lipinski definition) is 2. The van der Waals surface area contributed by atoms with Gasteiger partial charge in [-0.1, -0.05) is 24.3 Å². The van der Waals surface area contributed by atoms with Crippen molar-refractivity contribution in [3.63, 3.8) is 0 Å². The smallest absolute Gasteiger partial charge is 0.491 e. The minimum absolute atomic E-state index is 0.0673. The van der Waals surface area contributed by atoms with Crippen molar-refractivity contribution in [2.75, 3.05) is 6.61 Å². The first-order chi connectivity index (χ1) is 15.9. The molecular formula is C20H16BF11O3. The van der Waals surface area contributed by atoms with Crippen LogP contribution in [0.3, 0.4) is 0 Å². The van der Waals surface area contributed by atoms with Crippen LogP contribution < -0.4 is 10.2 Å². The van der Waals surface area contributed by atoms with E-state index >= 15 is 0 Å². The Morgan fingerprint density at radius 2 is 1.29 bits per heavy atom. The topological polar surface area (TPSA) is 49.7 Å². The van der Waals surface area contributed by atoms with Crippen LogP contribution in [0.4, 0.5) is 48.3 Å². The molecular weight excluding hydrogens is 508 g/mol. The first-order valence-corrected chi connectivity index (χ1v) is 9.71. The summed E-state index contributed by atoms with van der Waals surface area (Å²) >= 11 is 0. The lowest BCUT2D eigenvalue weighted by Crippen LogP contribution is -2.60. The maximum absolute atomic E-state index is 14.2. The lowest BCUT2D eigenvalue weighted by molar-refractivity contribution is -0.396. The maximum Gasteiger partial charge on any atom is 0.491 e. The van der Waals surface area contributed by atoms with E-state index < -0.39 is 74.0 Å². The van der Waals surface area contributed by atoms with Crippen molar-refractivity contribution in [1.82, 2.24) is 0 Å². The first-order valence-electron chi connectivity index (χ1n) is 9.71. The van der Waals surface area contributed by atoms with E-state index in [1.807, 2.05) is 0 Å². The summed E-state index contributed by atoms with van der Waals surface area (Å²) in [6.45, 7) is -0.400. The van der Waals surface area contributed by atoms with Crippen LogP contribution in [0.15, 0.2) is 36.4 Å².